The molecule has 0 amide bonds. The van der Waals surface area contributed by atoms with E-state index < -0.39 is 0 Å². The van der Waals surface area contributed by atoms with Gasteiger partial charge in [0.15, 0.2) is 12.2 Å². The number of aliphatic hydroxyl groups is 1. The molecule has 0 fully saturated rings. The Morgan fingerprint density at radius 2 is 2.06 bits per heavy atom. The van der Waals surface area contributed by atoms with Crippen molar-refractivity contribution in [2.45, 2.75) is 19.9 Å². The average Bonchev–Trinajstić information content (AvgIpc) is 2.64. The van der Waals surface area contributed by atoms with Crippen molar-refractivity contribution in [1.29, 1.82) is 0 Å². The fourth-order valence-corrected chi connectivity index (χ4v) is 2.54. The van der Waals surface area contributed by atoms with E-state index in [1.165, 1.54) is 16.9 Å². The Hall–Kier alpha value is -1.04. The molecule has 0 aliphatic rings. The normalized spacial score (nSPS) is 10.0. The molecule has 6 heteroatoms. The van der Waals surface area contributed by atoms with E-state index in [9.17, 15) is 0 Å². The minimum Gasteiger partial charge on any atom is -1.00 e. The first-order valence-electron chi connectivity index (χ1n) is 5.12. The van der Waals surface area contributed by atoms with Gasteiger partial charge < -0.3 is 17.5 Å². The zero-order valence-electron chi connectivity index (χ0n) is 9.51. The van der Waals surface area contributed by atoms with Crippen LogP contribution in [0.4, 0.5) is 0 Å². The average molecular weight is 272 g/mol. The summed E-state index contributed by atoms with van der Waals surface area (Å²) in [6.07, 6.45) is 5.91. The molecule has 0 saturated carbocycles. The van der Waals surface area contributed by atoms with Gasteiger partial charge in [0.05, 0.1) is 10.4 Å². The van der Waals surface area contributed by atoms with Crippen LogP contribution in [0.15, 0.2) is 24.2 Å². The number of nitrogens with zero attached hydrogens (tertiary/aromatic N) is 3. The molecule has 0 atom stereocenters. The van der Waals surface area contributed by atoms with Crippen LogP contribution in [0, 0.1) is 6.92 Å². The van der Waals surface area contributed by atoms with Crippen LogP contribution in [0.5, 0.6) is 0 Å². The van der Waals surface area contributed by atoms with Crippen LogP contribution in [-0.2, 0) is 13.0 Å². The molecule has 0 bridgehead atoms. The summed E-state index contributed by atoms with van der Waals surface area (Å²) in [7, 11) is 0. The van der Waals surface area contributed by atoms with E-state index in [1.54, 1.807) is 11.3 Å². The van der Waals surface area contributed by atoms with Crippen molar-refractivity contribution in [1.82, 2.24) is 9.97 Å². The molecular formula is C11H14ClN3OS. The Morgan fingerprint density at radius 1 is 1.35 bits per heavy atom. The summed E-state index contributed by atoms with van der Waals surface area (Å²) in [4.78, 5) is 9.22. The lowest BCUT2D eigenvalue weighted by molar-refractivity contribution is -0.689. The molecule has 4 nitrogen and oxygen atoms in total. The number of aliphatic hydroxyl groups excluding tert-OH is 1. The molecule has 0 saturated heterocycles. The molecule has 1 N–H and O–H groups in total. The van der Waals surface area contributed by atoms with Gasteiger partial charge in [-0.1, -0.05) is 11.3 Å². The smallest absolute Gasteiger partial charge is 0.225 e. The Bertz CT molecular complexity index is 461. The Morgan fingerprint density at radius 3 is 2.71 bits per heavy atom. The highest BCUT2D eigenvalue weighted by atomic mass is 35.5. The molecule has 0 radical (unpaired) electrons. The second kappa shape index (κ2) is 6.64. The summed E-state index contributed by atoms with van der Waals surface area (Å²) in [6, 6.07) is 0. The first kappa shape index (κ1) is 14.0. The quantitative estimate of drug-likeness (QED) is 0.638. The van der Waals surface area contributed by atoms with Gasteiger partial charge in [-0.15, -0.1) is 0 Å². The van der Waals surface area contributed by atoms with Crippen molar-refractivity contribution in [2.75, 3.05) is 6.61 Å². The van der Waals surface area contributed by atoms with Crippen LogP contribution < -0.4 is 17.0 Å². The third-order valence-electron chi connectivity index (χ3n) is 2.46. The maximum Gasteiger partial charge on any atom is 0.225 e. The van der Waals surface area contributed by atoms with Crippen molar-refractivity contribution < 1.29 is 22.1 Å². The topological polar surface area (TPSA) is 49.9 Å². The van der Waals surface area contributed by atoms with Gasteiger partial charge in [0.25, 0.3) is 0 Å². The van der Waals surface area contributed by atoms with Crippen LogP contribution >= 0.6 is 11.3 Å². The second-order valence-corrected chi connectivity index (χ2v) is 4.52. The molecule has 0 aliphatic heterocycles. The third-order valence-corrected chi connectivity index (χ3v) is 3.61. The van der Waals surface area contributed by atoms with E-state index in [2.05, 4.69) is 27.0 Å². The van der Waals surface area contributed by atoms with Gasteiger partial charge in [-0.3, -0.25) is 0 Å². The minimum absolute atomic E-state index is 0. The molecule has 2 aromatic heterocycles. The second-order valence-electron chi connectivity index (χ2n) is 3.58. The summed E-state index contributed by atoms with van der Waals surface area (Å²) in [5, 5.41) is 8.92. The summed E-state index contributed by atoms with van der Waals surface area (Å²) in [6.45, 7) is 3.07. The highest BCUT2D eigenvalue weighted by molar-refractivity contribution is 7.09. The first-order valence-corrected chi connectivity index (χ1v) is 6.00. The number of halogens is 1. The zero-order chi connectivity index (χ0) is 11.4. The highest BCUT2D eigenvalue weighted by Crippen LogP contribution is 2.11. The number of rotatable bonds is 4. The molecule has 2 aromatic rings. The van der Waals surface area contributed by atoms with E-state index >= 15 is 0 Å². The predicted octanol–water partition coefficient (Wildman–Crippen LogP) is -2.28. The van der Waals surface area contributed by atoms with Gasteiger partial charge in [-0.2, -0.15) is 4.57 Å². The largest absolute Gasteiger partial charge is 1.00 e. The number of aromatic nitrogens is 3. The summed E-state index contributed by atoms with van der Waals surface area (Å²) in [5.74, 6) is 0. The van der Waals surface area contributed by atoms with E-state index in [4.69, 9.17) is 5.11 Å². The summed E-state index contributed by atoms with van der Waals surface area (Å²) in [5.41, 5.74) is 4.37. The maximum atomic E-state index is 8.92. The van der Waals surface area contributed by atoms with E-state index in [-0.39, 0.29) is 19.0 Å². The van der Waals surface area contributed by atoms with Crippen molar-refractivity contribution in [2.24, 2.45) is 0 Å². The van der Waals surface area contributed by atoms with Gasteiger partial charge in [-0.05, 0) is 0 Å². The lowest BCUT2D eigenvalue weighted by atomic mass is 10.3. The zero-order valence-corrected chi connectivity index (χ0v) is 11.1. The molecule has 17 heavy (non-hydrogen) atoms. The fraction of sp³-hybridized carbons (Fsp3) is 0.364. The van der Waals surface area contributed by atoms with Crippen LogP contribution in [0.3, 0.4) is 0 Å². The van der Waals surface area contributed by atoms with Crippen molar-refractivity contribution in [3.8, 4) is 0 Å². The van der Waals surface area contributed by atoms with Crippen molar-refractivity contribution >= 4 is 11.3 Å². The van der Waals surface area contributed by atoms with Crippen LogP contribution in [0.2, 0.25) is 0 Å². The standard InChI is InChI=1S/C11H14N3OS.ClH/c1-9-11(2-3-15)16-8-14(9)6-10-4-12-7-13-5-10;/h4-5,7-8,15H,2-3,6H2,1H3;1H/q+1;/p-1. The number of hydrogen-bond acceptors (Lipinski definition) is 4. The lowest BCUT2D eigenvalue weighted by Crippen LogP contribution is -3.00. The van der Waals surface area contributed by atoms with Gasteiger partial charge >= 0.3 is 0 Å². The van der Waals surface area contributed by atoms with Crippen LogP contribution in [0.25, 0.3) is 0 Å². The molecule has 0 spiro atoms. The van der Waals surface area contributed by atoms with E-state index in [1.807, 2.05) is 12.4 Å². The van der Waals surface area contributed by atoms with Crippen LogP contribution in [0.1, 0.15) is 16.1 Å². The molecule has 0 aromatic carbocycles. The molecule has 92 valence electrons. The van der Waals surface area contributed by atoms with Gasteiger partial charge in [0, 0.05) is 32.3 Å². The van der Waals surface area contributed by atoms with Gasteiger partial charge in [-0.25, -0.2) is 9.97 Å². The molecule has 2 heterocycles. The fourth-order valence-electron chi connectivity index (χ4n) is 1.56. The van der Waals surface area contributed by atoms with Crippen LogP contribution in [-0.4, -0.2) is 21.7 Å². The minimum atomic E-state index is 0. The summed E-state index contributed by atoms with van der Waals surface area (Å²) < 4.78 is 2.16. The highest BCUT2D eigenvalue weighted by Gasteiger charge is 2.14. The monoisotopic (exact) mass is 271 g/mol. The SMILES string of the molecule is Cc1c(CCO)sc[n+]1Cc1cncnc1.[Cl-]. The van der Waals surface area contributed by atoms with Gasteiger partial charge in [0.2, 0.25) is 5.51 Å². The van der Waals surface area contributed by atoms with Gasteiger partial charge in [0.1, 0.15) is 6.33 Å². The third kappa shape index (κ3) is 3.46. The Balaban J connectivity index is 0.00000144. The molecule has 0 aliphatic carbocycles. The maximum absolute atomic E-state index is 8.92. The molecule has 0 unspecified atom stereocenters. The number of hydrogen-bond donors (Lipinski definition) is 1. The van der Waals surface area contributed by atoms with Crippen molar-refractivity contribution in [3.05, 3.63) is 40.4 Å². The lowest BCUT2D eigenvalue weighted by Gasteiger charge is -1.96. The molecular weight excluding hydrogens is 258 g/mol. The Kier molecular flexibility index (Phi) is 5.47. The molecule has 2 rings (SSSR count). The number of thiazole rings is 1. The van der Waals surface area contributed by atoms with E-state index in [0.29, 0.717) is 0 Å². The van der Waals surface area contributed by atoms with E-state index in [0.717, 1.165) is 18.5 Å². The predicted molar refractivity (Wildman–Crippen MR) is 61.2 cm³/mol. The first-order chi connectivity index (χ1) is 7.81. The summed E-state index contributed by atoms with van der Waals surface area (Å²) >= 11 is 1.68. The Labute approximate surface area is 110 Å². The van der Waals surface area contributed by atoms with Crippen molar-refractivity contribution in [3.63, 3.8) is 0 Å².